The van der Waals surface area contributed by atoms with Crippen LogP contribution >= 0.6 is 0 Å². The van der Waals surface area contributed by atoms with E-state index in [1.807, 2.05) is 24.3 Å². The number of hydrogen-bond donors (Lipinski definition) is 2. The normalized spacial score (nSPS) is 10.1. The van der Waals surface area contributed by atoms with Gasteiger partial charge in [-0.05, 0) is 30.2 Å². The van der Waals surface area contributed by atoms with Crippen LogP contribution in [0.25, 0.3) is 0 Å². The fourth-order valence-electron chi connectivity index (χ4n) is 1.80. The fourth-order valence-corrected chi connectivity index (χ4v) is 1.80. The van der Waals surface area contributed by atoms with Crippen molar-refractivity contribution in [1.29, 1.82) is 0 Å². The Morgan fingerprint density at radius 1 is 1.30 bits per heavy atom. The molecule has 0 radical (unpaired) electrons. The van der Waals surface area contributed by atoms with E-state index in [-0.39, 0.29) is 5.91 Å². The summed E-state index contributed by atoms with van der Waals surface area (Å²) in [6, 6.07) is 9.36. The summed E-state index contributed by atoms with van der Waals surface area (Å²) in [5.41, 5.74) is 7.69. The number of anilines is 1. The van der Waals surface area contributed by atoms with E-state index in [1.165, 1.54) is 6.20 Å². The van der Waals surface area contributed by atoms with Crippen LogP contribution in [0.15, 0.2) is 42.7 Å². The molecule has 0 unspecified atom stereocenters. The molecule has 1 aromatic heterocycles. The molecule has 0 aliphatic heterocycles. The van der Waals surface area contributed by atoms with Crippen molar-refractivity contribution in [1.82, 2.24) is 10.3 Å². The van der Waals surface area contributed by atoms with Crippen LogP contribution in [-0.4, -0.2) is 24.5 Å². The van der Waals surface area contributed by atoms with E-state index in [1.54, 1.807) is 19.4 Å². The Labute approximate surface area is 117 Å². The van der Waals surface area contributed by atoms with Crippen LogP contribution < -0.4 is 15.8 Å². The molecule has 2 aromatic rings. The predicted octanol–water partition coefficient (Wildman–Crippen LogP) is 1.64. The van der Waals surface area contributed by atoms with Gasteiger partial charge in [-0.15, -0.1) is 0 Å². The van der Waals surface area contributed by atoms with Gasteiger partial charge in [0.25, 0.3) is 5.91 Å². The monoisotopic (exact) mass is 271 g/mol. The first kappa shape index (κ1) is 13.9. The molecule has 1 aromatic carbocycles. The van der Waals surface area contributed by atoms with Gasteiger partial charge in [0.1, 0.15) is 5.75 Å². The molecule has 1 amide bonds. The number of rotatable bonds is 5. The SMILES string of the molecule is COc1ccc(CCNC(=O)c2cnccc2N)cc1. The van der Waals surface area contributed by atoms with Gasteiger partial charge in [0.2, 0.25) is 0 Å². The maximum Gasteiger partial charge on any atom is 0.254 e. The molecular weight excluding hydrogens is 254 g/mol. The first-order valence-electron chi connectivity index (χ1n) is 6.31. The molecule has 3 N–H and O–H groups in total. The molecule has 0 saturated heterocycles. The summed E-state index contributed by atoms with van der Waals surface area (Å²) in [6.45, 7) is 0.541. The highest BCUT2D eigenvalue weighted by atomic mass is 16.5. The second-order valence-corrected chi connectivity index (χ2v) is 4.32. The molecule has 0 saturated carbocycles. The zero-order valence-electron chi connectivity index (χ0n) is 11.3. The van der Waals surface area contributed by atoms with Crippen molar-refractivity contribution in [2.24, 2.45) is 0 Å². The number of pyridine rings is 1. The zero-order chi connectivity index (χ0) is 14.4. The molecule has 2 rings (SSSR count). The zero-order valence-corrected chi connectivity index (χ0v) is 11.3. The first-order valence-corrected chi connectivity index (χ1v) is 6.31. The average molecular weight is 271 g/mol. The number of methoxy groups -OCH3 is 1. The third-order valence-corrected chi connectivity index (χ3v) is 2.96. The van der Waals surface area contributed by atoms with Gasteiger partial charge < -0.3 is 15.8 Å². The van der Waals surface area contributed by atoms with Gasteiger partial charge in [0.15, 0.2) is 0 Å². The number of nitrogens with one attached hydrogen (secondary N) is 1. The summed E-state index contributed by atoms with van der Waals surface area (Å²) in [5, 5.41) is 2.83. The van der Waals surface area contributed by atoms with Gasteiger partial charge in [-0.2, -0.15) is 0 Å². The minimum atomic E-state index is -0.205. The standard InChI is InChI=1S/C15H17N3O2/c1-20-12-4-2-11(3-5-12)6-9-18-15(19)13-10-17-8-7-14(13)16/h2-5,7-8,10H,6,9H2,1H3,(H2,16,17)(H,18,19). The maximum absolute atomic E-state index is 11.9. The molecule has 0 aliphatic carbocycles. The van der Waals surface area contributed by atoms with E-state index in [0.717, 1.165) is 17.7 Å². The predicted molar refractivity (Wildman–Crippen MR) is 77.7 cm³/mol. The molecule has 0 aliphatic rings. The van der Waals surface area contributed by atoms with E-state index < -0.39 is 0 Å². The lowest BCUT2D eigenvalue weighted by Gasteiger charge is -2.07. The van der Waals surface area contributed by atoms with Gasteiger partial charge in [-0.3, -0.25) is 9.78 Å². The molecule has 0 spiro atoms. The molecule has 5 heteroatoms. The van der Waals surface area contributed by atoms with Crippen LogP contribution in [0.4, 0.5) is 5.69 Å². The summed E-state index contributed by atoms with van der Waals surface area (Å²) in [7, 11) is 1.63. The van der Waals surface area contributed by atoms with Crippen LogP contribution in [0.3, 0.4) is 0 Å². The van der Waals surface area contributed by atoms with Crippen LogP contribution in [0, 0.1) is 0 Å². The molecule has 0 fully saturated rings. The number of nitrogens with two attached hydrogens (primary N) is 1. The fraction of sp³-hybridized carbons (Fsp3) is 0.200. The summed E-state index contributed by atoms with van der Waals surface area (Å²) in [6.07, 6.45) is 3.78. The Kier molecular flexibility index (Phi) is 4.55. The minimum absolute atomic E-state index is 0.205. The van der Waals surface area contributed by atoms with E-state index in [2.05, 4.69) is 10.3 Å². The van der Waals surface area contributed by atoms with Crippen LogP contribution in [0.5, 0.6) is 5.75 Å². The van der Waals surface area contributed by atoms with E-state index in [4.69, 9.17) is 10.5 Å². The van der Waals surface area contributed by atoms with Crippen molar-refractivity contribution in [3.8, 4) is 5.75 Å². The Hall–Kier alpha value is -2.56. The van der Waals surface area contributed by atoms with Gasteiger partial charge in [0.05, 0.1) is 12.7 Å². The lowest BCUT2D eigenvalue weighted by atomic mass is 10.1. The van der Waals surface area contributed by atoms with Crippen molar-refractivity contribution in [3.05, 3.63) is 53.9 Å². The van der Waals surface area contributed by atoms with Crippen LogP contribution in [0.2, 0.25) is 0 Å². The minimum Gasteiger partial charge on any atom is -0.497 e. The van der Waals surface area contributed by atoms with Crippen LogP contribution in [0.1, 0.15) is 15.9 Å². The Balaban J connectivity index is 1.86. The quantitative estimate of drug-likeness (QED) is 0.866. The summed E-state index contributed by atoms with van der Waals surface area (Å²) < 4.78 is 5.09. The van der Waals surface area contributed by atoms with Crippen molar-refractivity contribution in [2.75, 3.05) is 19.4 Å². The number of amides is 1. The molecule has 20 heavy (non-hydrogen) atoms. The van der Waals surface area contributed by atoms with E-state index in [9.17, 15) is 4.79 Å². The number of ether oxygens (including phenoxy) is 1. The average Bonchev–Trinajstić information content (AvgIpc) is 2.48. The highest BCUT2D eigenvalue weighted by molar-refractivity contribution is 5.98. The van der Waals surface area contributed by atoms with Crippen molar-refractivity contribution in [3.63, 3.8) is 0 Å². The van der Waals surface area contributed by atoms with Gasteiger partial charge >= 0.3 is 0 Å². The van der Waals surface area contributed by atoms with Crippen LogP contribution in [-0.2, 0) is 6.42 Å². The number of nitrogens with zero attached hydrogens (tertiary/aromatic N) is 1. The van der Waals surface area contributed by atoms with Gasteiger partial charge in [-0.25, -0.2) is 0 Å². The van der Waals surface area contributed by atoms with E-state index in [0.29, 0.717) is 17.8 Å². The molecule has 1 heterocycles. The molecular formula is C15H17N3O2. The molecule has 0 atom stereocenters. The maximum atomic E-state index is 11.9. The number of carbonyl (C=O) groups excluding carboxylic acids is 1. The smallest absolute Gasteiger partial charge is 0.254 e. The van der Waals surface area contributed by atoms with Crippen molar-refractivity contribution in [2.45, 2.75) is 6.42 Å². The summed E-state index contributed by atoms with van der Waals surface area (Å²) >= 11 is 0. The summed E-state index contributed by atoms with van der Waals surface area (Å²) in [5.74, 6) is 0.616. The highest BCUT2D eigenvalue weighted by Crippen LogP contribution is 2.11. The third kappa shape index (κ3) is 3.47. The van der Waals surface area contributed by atoms with Crippen molar-refractivity contribution >= 4 is 11.6 Å². The summed E-state index contributed by atoms with van der Waals surface area (Å²) in [4.78, 5) is 15.8. The Morgan fingerprint density at radius 3 is 2.70 bits per heavy atom. The molecule has 0 bridgehead atoms. The largest absolute Gasteiger partial charge is 0.497 e. The molecule has 104 valence electrons. The first-order chi connectivity index (χ1) is 9.70. The molecule has 5 nitrogen and oxygen atoms in total. The number of carbonyl (C=O) groups is 1. The Morgan fingerprint density at radius 2 is 2.05 bits per heavy atom. The topological polar surface area (TPSA) is 77.2 Å². The lowest BCUT2D eigenvalue weighted by molar-refractivity contribution is 0.0954. The highest BCUT2D eigenvalue weighted by Gasteiger charge is 2.08. The van der Waals surface area contributed by atoms with Crippen molar-refractivity contribution < 1.29 is 9.53 Å². The number of nitrogen functional groups attached to an aromatic ring is 1. The van der Waals surface area contributed by atoms with E-state index >= 15 is 0 Å². The second kappa shape index (κ2) is 6.56. The second-order valence-electron chi connectivity index (χ2n) is 4.32. The number of benzene rings is 1. The number of aromatic nitrogens is 1. The van der Waals surface area contributed by atoms with Gasteiger partial charge in [0, 0.05) is 24.6 Å². The van der Waals surface area contributed by atoms with Gasteiger partial charge in [-0.1, -0.05) is 12.1 Å². The lowest BCUT2D eigenvalue weighted by Crippen LogP contribution is -2.26. The number of hydrogen-bond acceptors (Lipinski definition) is 4. The third-order valence-electron chi connectivity index (χ3n) is 2.96. The Bertz CT molecular complexity index is 582.